The summed E-state index contributed by atoms with van der Waals surface area (Å²) in [5.41, 5.74) is 31.9. The summed E-state index contributed by atoms with van der Waals surface area (Å²) >= 11 is 0. The molecule has 0 radical (unpaired) electrons. The largest absolute Gasteiger partial charge is 0.278 e. The summed E-state index contributed by atoms with van der Waals surface area (Å²) in [7, 11) is 0. The molecule has 6 heterocycles. The van der Waals surface area contributed by atoms with Crippen LogP contribution in [0.15, 0.2) is 376 Å². The Morgan fingerprint density at radius 1 is 0.204 bits per heavy atom. The smallest absolute Gasteiger partial charge is 0.221 e. The standard InChI is InChI=1S/C54H34N4.C51H34N4/c1-3-15-35(16-4-1)39-31-40(36-17-5-2-6-18-36)33-41(32-39)37-27-29-38(30-28-37)46-34-47-43-20-10-13-25-50(43)57(52(47)44-21-8-7-19-42(44)46)54-56-48-23-11-9-22-45(48)53-55-49-24-12-14-26-51(49)58(53)54;1-51(2)42-28-32(31-14-4-3-5-15-31)24-26-35(42)36-27-25-33(29-43(36)51)40-30-41-37-17-9-12-22-46(37)54(48(41)38-18-7-6-16-34(38)40)50-53-44-20-10-8-19-39(44)49-52-45-21-11-13-23-47(45)55(49)50/h1-34H;3-30H,1-2H3. The Bertz CT molecular complexity index is 7820. The number of nitrogens with zero attached hydrogens (tertiary/aromatic N) is 8. The van der Waals surface area contributed by atoms with Crippen LogP contribution in [0.1, 0.15) is 25.0 Å². The van der Waals surface area contributed by atoms with Gasteiger partial charge in [0.25, 0.3) is 0 Å². The van der Waals surface area contributed by atoms with Crippen LogP contribution in [0, 0.1) is 0 Å². The van der Waals surface area contributed by atoms with Crippen LogP contribution in [0.5, 0.6) is 0 Å². The molecule has 23 aromatic rings. The van der Waals surface area contributed by atoms with Gasteiger partial charge in [0.05, 0.1) is 55.2 Å². The number of benzene rings is 17. The molecule has 0 aliphatic heterocycles. The van der Waals surface area contributed by atoms with E-state index in [0.29, 0.717) is 0 Å². The molecule has 0 bridgehead atoms. The van der Waals surface area contributed by atoms with Crippen LogP contribution in [0.4, 0.5) is 0 Å². The van der Waals surface area contributed by atoms with E-state index in [4.69, 9.17) is 19.9 Å². The Morgan fingerprint density at radius 2 is 0.522 bits per heavy atom. The van der Waals surface area contributed by atoms with Crippen LogP contribution < -0.4 is 0 Å². The van der Waals surface area contributed by atoms with Crippen LogP contribution in [0.2, 0.25) is 0 Å². The molecule has 17 aromatic carbocycles. The lowest BCUT2D eigenvalue weighted by Crippen LogP contribution is -2.15. The third-order valence-electron chi connectivity index (χ3n) is 23.8. The quantitative estimate of drug-likeness (QED) is 0.152. The van der Waals surface area contributed by atoms with Gasteiger partial charge in [-0.2, -0.15) is 0 Å². The third-order valence-corrected chi connectivity index (χ3v) is 23.8. The van der Waals surface area contributed by atoms with Crippen molar-refractivity contribution in [3.05, 3.63) is 387 Å². The van der Waals surface area contributed by atoms with Crippen molar-refractivity contribution in [2.24, 2.45) is 0 Å². The molecule has 0 saturated carbocycles. The Balaban J connectivity index is 0.000000135. The van der Waals surface area contributed by atoms with Crippen LogP contribution in [0.3, 0.4) is 0 Å². The minimum absolute atomic E-state index is 0.151. The zero-order valence-corrected chi connectivity index (χ0v) is 61.9. The SMILES string of the molecule is CC1(C)c2cc(-c3ccccc3)ccc2-c2ccc(-c3cc4c5ccccc5n(-c5nc6ccccc6c6nc7ccccc7n56)c4c4ccccc34)cc21.c1ccc(-c2cc(-c3ccccc3)cc(-c3ccc(-c4cc5c6ccccc6n(-c6nc7ccccc7c7nc8ccccc8n67)c5c5ccccc45)cc3)c2)cc1. The predicted octanol–water partition coefficient (Wildman–Crippen LogP) is 26.9. The van der Waals surface area contributed by atoms with E-state index in [1.165, 1.54) is 132 Å². The molecule has 24 rings (SSSR count). The van der Waals surface area contributed by atoms with Gasteiger partial charge in [-0.1, -0.05) is 287 Å². The van der Waals surface area contributed by atoms with Crippen molar-refractivity contribution in [2.45, 2.75) is 19.3 Å². The fourth-order valence-electron chi connectivity index (χ4n) is 18.4. The molecule has 1 aliphatic rings. The van der Waals surface area contributed by atoms with Gasteiger partial charge in [0.15, 0.2) is 0 Å². The minimum atomic E-state index is -0.151. The van der Waals surface area contributed by atoms with Crippen molar-refractivity contribution < 1.29 is 0 Å². The average Bonchev–Trinajstić information content (AvgIpc) is 1.57. The van der Waals surface area contributed by atoms with Gasteiger partial charge in [0.2, 0.25) is 11.9 Å². The Hall–Kier alpha value is -14.9. The maximum Gasteiger partial charge on any atom is 0.221 e. The number of aromatic nitrogens is 8. The molecule has 8 nitrogen and oxygen atoms in total. The summed E-state index contributed by atoms with van der Waals surface area (Å²) in [6.07, 6.45) is 0. The fraction of sp³-hybridized carbons (Fsp3) is 0.0286. The molecule has 0 unspecified atom stereocenters. The molecule has 8 heteroatoms. The molecule has 0 N–H and O–H groups in total. The summed E-state index contributed by atoms with van der Waals surface area (Å²) in [4.78, 5) is 21.2. The Labute approximate surface area is 650 Å². The van der Waals surface area contributed by atoms with E-state index in [9.17, 15) is 0 Å². The molecule has 528 valence electrons. The number of fused-ring (bicyclic) bond motifs is 23. The molecule has 0 saturated heterocycles. The highest BCUT2D eigenvalue weighted by Gasteiger charge is 2.37. The molecule has 6 aromatic heterocycles. The van der Waals surface area contributed by atoms with Gasteiger partial charge in [-0.05, 0) is 203 Å². The predicted molar refractivity (Wildman–Crippen MR) is 470 cm³/mol. The highest BCUT2D eigenvalue weighted by atomic mass is 15.2. The highest BCUT2D eigenvalue weighted by Crippen LogP contribution is 2.53. The summed E-state index contributed by atoms with van der Waals surface area (Å²) in [5, 5.41) is 11.6. The van der Waals surface area contributed by atoms with E-state index in [-0.39, 0.29) is 5.41 Å². The minimum Gasteiger partial charge on any atom is -0.278 e. The van der Waals surface area contributed by atoms with E-state index < -0.39 is 0 Å². The molecule has 0 fully saturated rings. The van der Waals surface area contributed by atoms with Gasteiger partial charge in [-0.3, -0.25) is 17.9 Å². The van der Waals surface area contributed by atoms with E-state index in [0.717, 1.165) is 89.1 Å². The lowest BCUT2D eigenvalue weighted by molar-refractivity contribution is 0.661. The molecule has 113 heavy (non-hydrogen) atoms. The van der Waals surface area contributed by atoms with E-state index >= 15 is 0 Å². The molecular weight excluding hydrogens is 1370 g/mol. The Kier molecular flexibility index (Phi) is 14.3. The van der Waals surface area contributed by atoms with Crippen molar-refractivity contribution >= 4 is 120 Å². The Morgan fingerprint density at radius 3 is 0.973 bits per heavy atom. The lowest BCUT2D eigenvalue weighted by atomic mass is 9.80. The van der Waals surface area contributed by atoms with Crippen LogP contribution in [0.25, 0.3) is 210 Å². The van der Waals surface area contributed by atoms with Gasteiger partial charge in [-0.25, -0.2) is 19.9 Å². The van der Waals surface area contributed by atoms with Gasteiger partial charge in [0.1, 0.15) is 11.3 Å². The van der Waals surface area contributed by atoms with E-state index in [2.05, 4.69) is 408 Å². The second kappa shape index (κ2) is 25.1. The number of imidazole rings is 2. The third kappa shape index (κ3) is 9.96. The van der Waals surface area contributed by atoms with Gasteiger partial charge >= 0.3 is 0 Å². The van der Waals surface area contributed by atoms with Gasteiger partial charge in [0, 0.05) is 48.5 Å². The van der Waals surface area contributed by atoms with Crippen molar-refractivity contribution in [2.75, 3.05) is 0 Å². The summed E-state index contributed by atoms with van der Waals surface area (Å²) in [6, 6.07) is 136. The second-order valence-electron chi connectivity index (χ2n) is 30.4. The first kappa shape index (κ1) is 64.2. The zero-order valence-electron chi connectivity index (χ0n) is 61.9. The summed E-state index contributed by atoms with van der Waals surface area (Å²) < 4.78 is 9.21. The lowest BCUT2D eigenvalue weighted by Gasteiger charge is -2.23. The normalized spacial score (nSPS) is 12.6. The van der Waals surface area contributed by atoms with E-state index in [1.807, 2.05) is 0 Å². The van der Waals surface area contributed by atoms with Gasteiger partial charge in [-0.15, -0.1) is 0 Å². The monoisotopic (exact) mass is 1440 g/mol. The van der Waals surface area contributed by atoms with Crippen LogP contribution in [-0.2, 0) is 5.41 Å². The first-order valence-corrected chi connectivity index (χ1v) is 38.8. The summed E-state index contributed by atoms with van der Waals surface area (Å²) in [5.74, 6) is 1.65. The number of rotatable bonds is 8. The molecular formula is C105H68N8. The van der Waals surface area contributed by atoms with Gasteiger partial charge < -0.3 is 0 Å². The van der Waals surface area contributed by atoms with E-state index in [1.54, 1.807) is 0 Å². The van der Waals surface area contributed by atoms with Crippen molar-refractivity contribution in [1.29, 1.82) is 0 Å². The van der Waals surface area contributed by atoms with Crippen molar-refractivity contribution in [3.8, 4) is 89.8 Å². The molecule has 0 atom stereocenters. The van der Waals surface area contributed by atoms with Crippen molar-refractivity contribution in [3.63, 3.8) is 0 Å². The average molecular weight is 1440 g/mol. The topological polar surface area (TPSA) is 70.2 Å². The maximum absolute atomic E-state index is 5.44. The molecule has 0 spiro atoms. The number of para-hydroxylation sites is 8. The second-order valence-corrected chi connectivity index (χ2v) is 30.4. The molecule has 1 aliphatic carbocycles. The number of hydrogen-bond donors (Lipinski definition) is 0. The first-order valence-electron chi connectivity index (χ1n) is 38.8. The molecule has 0 amide bonds. The number of hydrogen-bond acceptors (Lipinski definition) is 4. The zero-order chi connectivity index (χ0) is 74.6. The van der Waals surface area contributed by atoms with Crippen molar-refractivity contribution in [1.82, 2.24) is 37.9 Å². The van der Waals surface area contributed by atoms with Crippen LogP contribution >= 0.6 is 0 Å². The highest BCUT2D eigenvalue weighted by molar-refractivity contribution is 6.24. The van der Waals surface area contributed by atoms with Crippen LogP contribution in [-0.4, -0.2) is 37.9 Å². The maximum atomic E-state index is 5.44. The first-order chi connectivity index (χ1) is 55.8. The summed E-state index contributed by atoms with van der Waals surface area (Å²) in [6.45, 7) is 4.75. The fourth-order valence-corrected chi connectivity index (χ4v) is 18.4.